The molecule has 1 unspecified atom stereocenters. The zero-order chi connectivity index (χ0) is 9.47. The predicted octanol–water partition coefficient (Wildman–Crippen LogP) is 0.568. The van der Waals surface area contributed by atoms with Crippen molar-refractivity contribution in [3.05, 3.63) is 34.2 Å². The van der Waals surface area contributed by atoms with E-state index in [1.54, 1.807) is 0 Å². The van der Waals surface area contributed by atoms with Crippen molar-refractivity contribution in [1.82, 2.24) is 0 Å². The van der Waals surface area contributed by atoms with Crippen LogP contribution < -0.4 is 10.4 Å². The summed E-state index contributed by atoms with van der Waals surface area (Å²) in [5.41, 5.74) is 1.11. The molecule has 0 spiro atoms. The van der Waals surface area contributed by atoms with Crippen LogP contribution in [0.4, 0.5) is 0 Å². The molecule has 1 aromatic carbocycles. The highest BCUT2D eigenvalue weighted by molar-refractivity contribution is 5.56. The molecule has 1 aliphatic carbocycles. The average Bonchev–Trinajstić information content (AvgIpc) is 2.42. The van der Waals surface area contributed by atoms with E-state index in [4.69, 9.17) is 0 Å². The maximum Gasteiger partial charge on any atom is 0.0554 e. The minimum absolute atomic E-state index is 0.157. The highest BCUT2D eigenvalue weighted by atomic mass is 16.3. The topological polar surface area (TPSA) is 20.2 Å². The van der Waals surface area contributed by atoms with Gasteiger partial charge in [-0.15, -0.1) is 0 Å². The zero-order valence-corrected chi connectivity index (χ0v) is 8.04. The molecule has 0 heterocycles. The first-order valence-corrected chi connectivity index (χ1v) is 4.56. The highest BCUT2D eigenvalue weighted by Crippen LogP contribution is 2.21. The monoisotopic (exact) mass is 174 g/mol. The molecule has 0 fully saturated rings. The number of aliphatic hydroxyl groups excluding tert-OH is 1. The number of fused-ring (bicyclic) bond motifs is 1. The SMILES string of the molecule is Cc1ccc2c(c1)=CC(C)(CO)C=2. The van der Waals surface area contributed by atoms with Crippen LogP contribution in [0, 0.1) is 12.3 Å². The van der Waals surface area contributed by atoms with Crippen molar-refractivity contribution >= 4 is 12.2 Å². The summed E-state index contributed by atoms with van der Waals surface area (Å²) in [6.07, 6.45) is 4.26. The Morgan fingerprint density at radius 1 is 1.23 bits per heavy atom. The number of hydrogen-bond acceptors (Lipinski definition) is 1. The van der Waals surface area contributed by atoms with E-state index in [1.807, 2.05) is 6.92 Å². The molecule has 1 aromatic rings. The fraction of sp³-hybridized carbons (Fsp3) is 0.333. The fourth-order valence-electron chi connectivity index (χ4n) is 1.79. The summed E-state index contributed by atoms with van der Waals surface area (Å²) in [7, 11) is 0. The number of aliphatic hydroxyl groups is 1. The Kier molecular flexibility index (Phi) is 1.77. The van der Waals surface area contributed by atoms with Crippen LogP contribution in [0.25, 0.3) is 12.2 Å². The van der Waals surface area contributed by atoms with Crippen LogP contribution in [0.3, 0.4) is 0 Å². The van der Waals surface area contributed by atoms with Gasteiger partial charge in [-0.05, 0) is 17.4 Å². The maximum absolute atomic E-state index is 9.20. The number of benzene rings is 1. The Balaban J connectivity index is 2.67. The van der Waals surface area contributed by atoms with Crippen LogP contribution in [0.2, 0.25) is 0 Å². The van der Waals surface area contributed by atoms with Crippen molar-refractivity contribution in [3.63, 3.8) is 0 Å². The van der Waals surface area contributed by atoms with Crippen LogP contribution >= 0.6 is 0 Å². The Bertz CT molecular complexity index is 445. The van der Waals surface area contributed by atoms with Crippen LogP contribution in [-0.4, -0.2) is 11.7 Å². The molecule has 0 saturated heterocycles. The largest absolute Gasteiger partial charge is 0.395 e. The Morgan fingerprint density at radius 3 is 2.62 bits per heavy atom. The van der Waals surface area contributed by atoms with Crippen LogP contribution in [0.15, 0.2) is 18.2 Å². The Hall–Kier alpha value is -1.08. The van der Waals surface area contributed by atoms with Gasteiger partial charge in [-0.25, -0.2) is 0 Å². The summed E-state index contributed by atoms with van der Waals surface area (Å²) in [5, 5.41) is 11.7. The molecule has 0 radical (unpaired) electrons. The normalized spacial score (nSPS) is 24.8. The lowest BCUT2D eigenvalue weighted by Gasteiger charge is -2.13. The predicted molar refractivity (Wildman–Crippen MR) is 54.6 cm³/mol. The molecule has 68 valence electrons. The van der Waals surface area contributed by atoms with Gasteiger partial charge in [0.05, 0.1) is 6.61 Å². The van der Waals surface area contributed by atoms with Crippen molar-refractivity contribution in [2.45, 2.75) is 13.8 Å². The summed E-state index contributed by atoms with van der Waals surface area (Å²) in [6, 6.07) is 6.38. The van der Waals surface area contributed by atoms with Crippen molar-refractivity contribution in [2.24, 2.45) is 5.41 Å². The molecular weight excluding hydrogens is 160 g/mol. The third-order valence-corrected chi connectivity index (χ3v) is 2.55. The zero-order valence-electron chi connectivity index (χ0n) is 8.04. The van der Waals surface area contributed by atoms with E-state index in [1.165, 1.54) is 16.0 Å². The van der Waals surface area contributed by atoms with Gasteiger partial charge in [-0.1, -0.05) is 42.8 Å². The van der Waals surface area contributed by atoms with E-state index >= 15 is 0 Å². The maximum atomic E-state index is 9.20. The van der Waals surface area contributed by atoms with E-state index in [-0.39, 0.29) is 12.0 Å². The minimum Gasteiger partial charge on any atom is -0.395 e. The second kappa shape index (κ2) is 2.71. The first-order valence-electron chi connectivity index (χ1n) is 4.56. The van der Waals surface area contributed by atoms with Crippen molar-refractivity contribution < 1.29 is 5.11 Å². The highest BCUT2D eigenvalue weighted by Gasteiger charge is 2.19. The van der Waals surface area contributed by atoms with Crippen LogP contribution in [0.5, 0.6) is 0 Å². The molecule has 1 nitrogen and oxygen atoms in total. The first-order chi connectivity index (χ1) is 6.13. The van der Waals surface area contributed by atoms with Crippen molar-refractivity contribution in [2.75, 3.05) is 6.61 Å². The van der Waals surface area contributed by atoms with Crippen molar-refractivity contribution in [3.8, 4) is 0 Å². The van der Waals surface area contributed by atoms with E-state index in [2.05, 4.69) is 37.3 Å². The van der Waals surface area contributed by atoms with Gasteiger partial charge in [0.25, 0.3) is 0 Å². The lowest BCUT2D eigenvalue weighted by molar-refractivity contribution is 0.239. The molecular formula is C12H14O. The third kappa shape index (κ3) is 1.40. The van der Waals surface area contributed by atoms with Crippen LogP contribution in [-0.2, 0) is 0 Å². The molecule has 2 rings (SSSR count). The second-order valence-corrected chi connectivity index (χ2v) is 4.08. The molecule has 1 aliphatic rings. The number of aryl methyl sites for hydroxylation is 1. The minimum atomic E-state index is -0.157. The van der Waals surface area contributed by atoms with Gasteiger partial charge in [-0.2, -0.15) is 0 Å². The molecule has 0 aromatic heterocycles. The van der Waals surface area contributed by atoms with Gasteiger partial charge in [-0.3, -0.25) is 0 Å². The van der Waals surface area contributed by atoms with E-state index in [9.17, 15) is 5.11 Å². The third-order valence-electron chi connectivity index (χ3n) is 2.55. The lowest BCUT2D eigenvalue weighted by Crippen LogP contribution is -2.20. The first kappa shape index (κ1) is 8.52. The smallest absolute Gasteiger partial charge is 0.0554 e. The van der Waals surface area contributed by atoms with Gasteiger partial charge >= 0.3 is 0 Å². The molecule has 1 atom stereocenters. The van der Waals surface area contributed by atoms with E-state index in [0.29, 0.717) is 0 Å². The molecule has 13 heavy (non-hydrogen) atoms. The summed E-state index contributed by atoms with van der Waals surface area (Å²) < 4.78 is 0. The van der Waals surface area contributed by atoms with Crippen LogP contribution in [0.1, 0.15) is 12.5 Å². The molecule has 1 heteroatoms. The summed E-state index contributed by atoms with van der Waals surface area (Å²) in [6.45, 7) is 4.31. The Labute approximate surface area is 78.0 Å². The molecule has 1 N–H and O–H groups in total. The molecule has 0 bridgehead atoms. The summed E-state index contributed by atoms with van der Waals surface area (Å²) in [4.78, 5) is 0. The van der Waals surface area contributed by atoms with Gasteiger partial charge in [0.2, 0.25) is 0 Å². The van der Waals surface area contributed by atoms with Gasteiger partial charge in [0, 0.05) is 5.41 Å². The van der Waals surface area contributed by atoms with Gasteiger partial charge in [0.1, 0.15) is 0 Å². The summed E-state index contributed by atoms with van der Waals surface area (Å²) in [5.74, 6) is 0. The number of rotatable bonds is 1. The second-order valence-electron chi connectivity index (χ2n) is 4.08. The average molecular weight is 174 g/mol. The summed E-state index contributed by atoms with van der Waals surface area (Å²) >= 11 is 0. The fourth-order valence-corrected chi connectivity index (χ4v) is 1.79. The van der Waals surface area contributed by atoms with Crippen molar-refractivity contribution in [1.29, 1.82) is 0 Å². The van der Waals surface area contributed by atoms with E-state index in [0.717, 1.165) is 0 Å². The van der Waals surface area contributed by atoms with Gasteiger partial charge in [0.15, 0.2) is 0 Å². The molecule has 0 aliphatic heterocycles. The molecule has 0 amide bonds. The van der Waals surface area contributed by atoms with Gasteiger partial charge < -0.3 is 5.11 Å². The lowest BCUT2D eigenvalue weighted by atomic mass is 9.94. The van der Waals surface area contributed by atoms with E-state index < -0.39 is 0 Å². The Morgan fingerprint density at radius 2 is 1.92 bits per heavy atom. The standard InChI is InChI=1S/C12H14O/c1-9-3-4-10-6-12(2,8-13)7-11(10)5-9/h3-7,13H,8H2,1-2H3. The quantitative estimate of drug-likeness (QED) is 0.660. The number of hydrogen-bond donors (Lipinski definition) is 1. The molecule has 0 saturated carbocycles.